The van der Waals surface area contributed by atoms with Gasteiger partial charge in [-0.1, -0.05) is 30.3 Å². The summed E-state index contributed by atoms with van der Waals surface area (Å²) in [5.74, 6) is -1.22. The second-order valence-corrected chi connectivity index (χ2v) is 5.71. The van der Waals surface area contributed by atoms with E-state index in [0.717, 1.165) is 0 Å². The summed E-state index contributed by atoms with van der Waals surface area (Å²) in [7, 11) is 0. The minimum Gasteiger partial charge on any atom is -0.755 e. The Kier molecular flexibility index (Phi) is 3.91. The Labute approximate surface area is 129 Å². The van der Waals surface area contributed by atoms with Gasteiger partial charge in [-0.15, -0.1) is 0 Å². The largest absolute Gasteiger partial charge is 0.755 e. The molecule has 0 aliphatic carbocycles. The summed E-state index contributed by atoms with van der Waals surface area (Å²) in [5, 5.41) is 0. The van der Waals surface area contributed by atoms with Gasteiger partial charge >= 0.3 is 0 Å². The number of carbonyl (C=O) groups is 2. The molecule has 114 valence electrons. The number of nitrogens with one attached hydrogen (secondary N) is 1. The van der Waals surface area contributed by atoms with E-state index >= 15 is 0 Å². The summed E-state index contributed by atoms with van der Waals surface area (Å²) in [6, 6.07) is 12.3. The van der Waals surface area contributed by atoms with Crippen molar-refractivity contribution in [1.29, 1.82) is 0 Å². The van der Waals surface area contributed by atoms with Crippen molar-refractivity contribution in [3.63, 3.8) is 0 Å². The van der Waals surface area contributed by atoms with Gasteiger partial charge in [0.2, 0.25) is 11.7 Å². The van der Waals surface area contributed by atoms with Crippen molar-refractivity contribution in [2.75, 3.05) is 0 Å². The van der Waals surface area contributed by atoms with Crippen LogP contribution in [0, 0.1) is 0 Å². The van der Waals surface area contributed by atoms with Crippen LogP contribution in [0.15, 0.2) is 42.5 Å². The summed E-state index contributed by atoms with van der Waals surface area (Å²) in [6.45, 7) is 0.514. The Morgan fingerprint density at radius 1 is 1.18 bits per heavy atom. The van der Waals surface area contributed by atoms with E-state index in [1.54, 1.807) is 41.0 Å². The molecular formula is C15H13N2O4S-. The lowest BCUT2D eigenvalue weighted by Crippen LogP contribution is -2.29. The maximum absolute atomic E-state index is 12.5. The highest BCUT2D eigenvalue weighted by atomic mass is 32.2. The highest BCUT2D eigenvalue weighted by Crippen LogP contribution is 2.31. The van der Waals surface area contributed by atoms with Crippen molar-refractivity contribution in [2.45, 2.75) is 18.9 Å². The molecule has 6 nitrogen and oxygen atoms in total. The van der Waals surface area contributed by atoms with Gasteiger partial charge in [0, 0.05) is 29.1 Å². The van der Waals surface area contributed by atoms with Crippen LogP contribution >= 0.6 is 0 Å². The molecule has 0 radical (unpaired) electrons. The molecule has 1 aliphatic heterocycles. The zero-order valence-corrected chi connectivity index (χ0v) is 12.3. The molecule has 0 fully saturated rings. The lowest BCUT2D eigenvalue weighted by molar-refractivity contribution is -0.120. The van der Waals surface area contributed by atoms with Crippen LogP contribution in [-0.4, -0.2) is 25.0 Å². The third-order valence-corrected chi connectivity index (χ3v) is 4.15. The first-order chi connectivity index (χ1) is 10.6. The molecule has 1 aromatic heterocycles. The lowest BCUT2D eigenvalue weighted by atomic mass is 10.0. The van der Waals surface area contributed by atoms with Crippen LogP contribution in [0.4, 0.5) is 0 Å². The molecule has 7 heteroatoms. The van der Waals surface area contributed by atoms with Crippen molar-refractivity contribution >= 4 is 23.0 Å². The minimum absolute atomic E-state index is 0.111. The number of benzene rings is 1. The van der Waals surface area contributed by atoms with E-state index < -0.39 is 23.1 Å². The van der Waals surface area contributed by atoms with Gasteiger partial charge in [-0.2, -0.15) is 0 Å². The van der Waals surface area contributed by atoms with E-state index in [1.807, 2.05) is 10.8 Å². The van der Waals surface area contributed by atoms with Crippen LogP contribution in [0.25, 0.3) is 0 Å². The van der Waals surface area contributed by atoms with Crippen LogP contribution < -0.4 is 4.72 Å². The Morgan fingerprint density at radius 3 is 2.59 bits per heavy atom. The van der Waals surface area contributed by atoms with E-state index in [2.05, 4.69) is 0 Å². The Hall–Kier alpha value is -2.25. The minimum atomic E-state index is -2.63. The smallest absolute Gasteiger partial charge is 0.239 e. The summed E-state index contributed by atoms with van der Waals surface area (Å²) < 4.78 is 24.8. The first-order valence-electron chi connectivity index (χ1n) is 6.77. The lowest BCUT2D eigenvalue weighted by Gasteiger charge is -2.11. The fraction of sp³-hybridized carbons (Fsp3) is 0.200. The molecule has 0 bridgehead atoms. The number of ketones is 1. The van der Waals surface area contributed by atoms with Gasteiger partial charge in [0.15, 0.2) is 0 Å². The van der Waals surface area contributed by atoms with E-state index in [4.69, 9.17) is 0 Å². The Balaban J connectivity index is 1.88. The molecule has 2 atom stereocenters. The molecule has 1 amide bonds. The monoisotopic (exact) mass is 317 g/mol. The van der Waals surface area contributed by atoms with Crippen molar-refractivity contribution in [1.82, 2.24) is 9.29 Å². The summed E-state index contributed by atoms with van der Waals surface area (Å²) >= 11 is -2.63. The molecular weight excluding hydrogens is 304 g/mol. The van der Waals surface area contributed by atoms with Crippen molar-refractivity contribution in [2.24, 2.45) is 0 Å². The van der Waals surface area contributed by atoms with E-state index in [9.17, 15) is 18.4 Å². The number of carbonyl (C=O) groups excluding carboxylic acids is 2. The number of hydrogen-bond acceptors (Lipinski definition) is 4. The quantitative estimate of drug-likeness (QED) is 0.675. The Morgan fingerprint density at radius 2 is 1.91 bits per heavy atom. The first-order valence-corrected chi connectivity index (χ1v) is 7.84. The van der Waals surface area contributed by atoms with Crippen LogP contribution in [0.3, 0.4) is 0 Å². The average molecular weight is 317 g/mol. The fourth-order valence-electron chi connectivity index (χ4n) is 2.80. The van der Waals surface area contributed by atoms with Gasteiger partial charge in [0.25, 0.3) is 0 Å². The fourth-order valence-corrected chi connectivity index (χ4v) is 3.10. The van der Waals surface area contributed by atoms with Gasteiger partial charge in [0.05, 0.1) is 11.6 Å². The molecule has 0 saturated heterocycles. The molecule has 1 aliphatic rings. The molecule has 2 aromatic rings. The molecule has 1 aromatic carbocycles. The standard InChI is InChI=1S/C15H14N2O4S/c18-14(10-4-2-1-3-5-10)13-7-6-12-11(8-9-17(12)13)15(19)16-22(20)21/h1-7,11H,8-9H2,(H,16,19)(H,20,21)/p-1. The molecule has 2 unspecified atom stereocenters. The number of fused-ring (bicyclic) bond motifs is 1. The summed E-state index contributed by atoms with van der Waals surface area (Å²) in [5.41, 5.74) is 1.76. The number of amides is 1. The van der Waals surface area contributed by atoms with Crippen LogP contribution in [0.1, 0.15) is 34.1 Å². The second kappa shape index (κ2) is 5.86. The molecule has 3 rings (SSSR count). The van der Waals surface area contributed by atoms with Crippen LogP contribution in [0.2, 0.25) is 0 Å². The number of nitrogens with zero attached hydrogens (tertiary/aromatic N) is 1. The number of hydrogen-bond donors (Lipinski definition) is 1. The number of aromatic nitrogens is 1. The van der Waals surface area contributed by atoms with Gasteiger partial charge in [0.1, 0.15) is 0 Å². The van der Waals surface area contributed by atoms with Gasteiger partial charge in [-0.3, -0.25) is 18.5 Å². The van der Waals surface area contributed by atoms with E-state index in [0.29, 0.717) is 29.9 Å². The maximum atomic E-state index is 12.5. The van der Waals surface area contributed by atoms with E-state index in [-0.39, 0.29) is 5.78 Å². The third kappa shape index (κ3) is 2.60. The zero-order valence-electron chi connectivity index (χ0n) is 11.5. The maximum Gasteiger partial charge on any atom is 0.239 e. The van der Waals surface area contributed by atoms with Gasteiger partial charge in [-0.25, -0.2) is 0 Å². The molecule has 0 saturated carbocycles. The molecule has 2 heterocycles. The zero-order chi connectivity index (χ0) is 15.7. The van der Waals surface area contributed by atoms with Crippen molar-refractivity contribution in [3.8, 4) is 0 Å². The average Bonchev–Trinajstić information content (AvgIpc) is 3.08. The molecule has 22 heavy (non-hydrogen) atoms. The van der Waals surface area contributed by atoms with Gasteiger partial charge < -0.3 is 9.12 Å². The second-order valence-electron chi connectivity index (χ2n) is 5.03. The highest BCUT2D eigenvalue weighted by molar-refractivity contribution is 7.77. The van der Waals surface area contributed by atoms with Gasteiger partial charge in [-0.05, 0) is 18.6 Å². The summed E-state index contributed by atoms with van der Waals surface area (Å²) in [6.07, 6.45) is 0.480. The normalized spacial score (nSPS) is 17.8. The highest BCUT2D eigenvalue weighted by Gasteiger charge is 2.31. The predicted molar refractivity (Wildman–Crippen MR) is 78.7 cm³/mol. The summed E-state index contributed by atoms with van der Waals surface area (Å²) in [4.78, 5) is 24.4. The Bertz CT molecular complexity index is 754. The van der Waals surface area contributed by atoms with Crippen molar-refractivity contribution in [3.05, 3.63) is 59.4 Å². The SMILES string of the molecule is O=C(c1ccccc1)c1ccc2n1CCC2C(=O)NS(=O)[O-]. The number of rotatable bonds is 4. The first kappa shape index (κ1) is 14.7. The topological polar surface area (TPSA) is 91.2 Å². The van der Waals surface area contributed by atoms with Crippen LogP contribution in [-0.2, 0) is 22.6 Å². The van der Waals surface area contributed by atoms with E-state index in [1.165, 1.54) is 0 Å². The third-order valence-electron chi connectivity index (χ3n) is 3.78. The van der Waals surface area contributed by atoms with Crippen LogP contribution in [0.5, 0.6) is 0 Å². The predicted octanol–water partition coefficient (Wildman–Crippen LogP) is 1.12. The van der Waals surface area contributed by atoms with Crippen molar-refractivity contribution < 1.29 is 18.4 Å². The molecule has 1 N–H and O–H groups in total. The molecule has 0 spiro atoms.